The van der Waals surface area contributed by atoms with Gasteiger partial charge in [0.05, 0.1) is 22.6 Å². The Hall–Kier alpha value is -2.93. The third-order valence-corrected chi connectivity index (χ3v) is 5.39. The summed E-state index contributed by atoms with van der Waals surface area (Å²) in [6.07, 6.45) is 2.91. The maximum Gasteiger partial charge on any atom is 0.234 e. The zero-order valence-electron chi connectivity index (χ0n) is 14.6. The Morgan fingerprint density at radius 1 is 1.11 bits per heavy atom. The molecule has 4 rings (SSSR count). The Morgan fingerprint density at radius 3 is 2.78 bits per heavy atom. The van der Waals surface area contributed by atoms with Gasteiger partial charge in [-0.05, 0) is 24.6 Å². The van der Waals surface area contributed by atoms with Crippen molar-refractivity contribution in [3.05, 3.63) is 54.9 Å². The second kappa shape index (κ2) is 7.75. The molecule has 0 radical (unpaired) electrons. The molecule has 1 aliphatic rings. The topological polar surface area (TPSA) is 75.2 Å². The van der Waals surface area contributed by atoms with Gasteiger partial charge in [0.15, 0.2) is 0 Å². The number of benzene rings is 2. The zero-order valence-corrected chi connectivity index (χ0v) is 15.4. The van der Waals surface area contributed by atoms with E-state index in [0.717, 1.165) is 28.0 Å². The van der Waals surface area contributed by atoms with Crippen LogP contribution in [0, 0.1) is 0 Å². The summed E-state index contributed by atoms with van der Waals surface area (Å²) >= 11 is 1.37. The predicted molar refractivity (Wildman–Crippen MR) is 107 cm³/mol. The number of rotatable bonds is 5. The summed E-state index contributed by atoms with van der Waals surface area (Å²) in [5.41, 5.74) is 2.27. The summed E-state index contributed by atoms with van der Waals surface area (Å²) < 4.78 is 0. The lowest BCUT2D eigenvalue weighted by Gasteiger charge is -2.19. The van der Waals surface area contributed by atoms with Crippen LogP contribution in [-0.4, -0.2) is 34.1 Å². The van der Waals surface area contributed by atoms with Gasteiger partial charge < -0.3 is 10.2 Å². The molecule has 136 valence electrons. The van der Waals surface area contributed by atoms with E-state index < -0.39 is 0 Å². The van der Waals surface area contributed by atoms with Crippen LogP contribution in [0.5, 0.6) is 0 Å². The fraction of sp³-hybridized carbons (Fsp3) is 0.200. The van der Waals surface area contributed by atoms with Crippen LogP contribution >= 0.6 is 11.8 Å². The summed E-state index contributed by atoms with van der Waals surface area (Å²) in [5, 5.41) is 4.64. The van der Waals surface area contributed by atoms with Gasteiger partial charge in [-0.25, -0.2) is 9.97 Å². The Bertz CT molecular complexity index is 1000. The molecule has 7 heteroatoms. The number of aromatic nitrogens is 2. The van der Waals surface area contributed by atoms with Gasteiger partial charge in [-0.2, -0.15) is 0 Å². The van der Waals surface area contributed by atoms with Crippen LogP contribution < -0.4 is 10.2 Å². The van der Waals surface area contributed by atoms with Crippen LogP contribution in [0.25, 0.3) is 10.9 Å². The van der Waals surface area contributed by atoms with Gasteiger partial charge in [-0.3, -0.25) is 9.59 Å². The lowest BCUT2D eigenvalue weighted by Crippen LogP contribution is -2.26. The molecule has 3 aromatic rings. The second-order valence-corrected chi connectivity index (χ2v) is 7.16. The number of carbonyl (C=O) groups excluding carboxylic acids is 2. The number of fused-ring (bicyclic) bond motifs is 1. The van der Waals surface area contributed by atoms with Gasteiger partial charge in [0, 0.05) is 18.4 Å². The molecule has 1 N–H and O–H groups in total. The highest BCUT2D eigenvalue weighted by molar-refractivity contribution is 8.00. The highest BCUT2D eigenvalue weighted by atomic mass is 32.2. The van der Waals surface area contributed by atoms with E-state index >= 15 is 0 Å². The monoisotopic (exact) mass is 378 g/mol. The fourth-order valence-electron chi connectivity index (χ4n) is 3.13. The molecule has 2 heterocycles. The minimum absolute atomic E-state index is 0.0959. The van der Waals surface area contributed by atoms with Gasteiger partial charge in [0.25, 0.3) is 0 Å². The number of anilines is 2. The minimum atomic E-state index is -0.137. The lowest BCUT2D eigenvalue weighted by molar-refractivity contribution is -0.117. The average Bonchev–Trinajstić information content (AvgIpc) is 3.12. The van der Waals surface area contributed by atoms with E-state index in [1.807, 2.05) is 48.5 Å². The largest absolute Gasteiger partial charge is 0.324 e. The van der Waals surface area contributed by atoms with E-state index in [4.69, 9.17) is 0 Å². The standard InChI is InChI=1S/C20H18N4O2S/c25-18(12-27-20-14-6-1-2-7-15(14)21-13-22-20)23-16-8-3-4-9-17(16)24-11-5-10-19(24)26/h1-4,6-9,13H,5,10-12H2,(H,23,25). The van der Waals surface area contributed by atoms with Gasteiger partial charge in [0.2, 0.25) is 11.8 Å². The smallest absolute Gasteiger partial charge is 0.234 e. The van der Waals surface area contributed by atoms with Gasteiger partial charge in [0.1, 0.15) is 11.4 Å². The third kappa shape index (κ3) is 3.78. The molecule has 2 amide bonds. The first-order chi connectivity index (χ1) is 13.2. The molecule has 0 unspecified atom stereocenters. The van der Waals surface area contributed by atoms with Crippen molar-refractivity contribution in [2.45, 2.75) is 17.9 Å². The van der Waals surface area contributed by atoms with Crippen molar-refractivity contribution in [1.29, 1.82) is 0 Å². The van der Waals surface area contributed by atoms with Crippen LogP contribution in [0.15, 0.2) is 59.9 Å². The molecule has 1 fully saturated rings. The fourth-order valence-corrected chi connectivity index (χ4v) is 3.92. The van der Waals surface area contributed by atoms with Crippen LogP contribution in [0.3, 0.4) is 0 Å². The summed E-state index contributed by atoms with van der Waals surface area (Å²) in [6.45, 7) is 0.688. The van der Waals surface area contributed by atoms with Crippen LogP contribution in [-0.2, 0) is 9.59 Å². The lowest BCUT2D eigenvalue weighted by atomic mass is 10.2. The van der Waals surface area contributed by atoms with Crippen molar-refractivity contribution in [3.8, 4) is 0 Å². The average molecular weight is 378 g/mol. The van der Waals surface area contributed by atoms with Crippen molar-refractivity contribution in [3.63, 3.8) is 0 Å². The van der Waals surface area contributed by atoms with E-state index in [0.29, 0.717) is 18.7 Å². The highest BCUT2D eigenvalue weighted by Gasteiger charge is 2.24. The predicted octanol–water partition coefficient (Wildman–Crippen LogP) is 3.49. The molecule has 0 spiro atoms. The molecule has 0 bridgehead atoms. The number of para-hydroxylation sites is 3. The summed E-state index contributed by atoms with van der Waals surface area (Å²) in [5.74, 6) is 0.184. The van der Waals surface area contributed by atoms with E-state index in [1.54, 1.807) is 4.90 Å². The summed E-state index contributed by atoms with van der Waals surface area (Å²) in [7, 11) is 0. The second-order valence-electron chi connectivity index (χ2n) is 6.20. The number of hydrogen-bond acceptors (Lipinski definition) is 5. The Morgan fingerprint density at radius 2 is 1.93 bits per heavy atom. The Kier molecular flexibility index (Phi) is 5.02. The number of nitrogens with zero attached hydrogens (tertiary/aromatic N) is 3. The highest BCUT2D eigenvalue weighted by Crippen LogP contribution is 2.30. The maximum atomic E-state index is 12.5. The molecule has 1 aromatic heterocycles. The SMILES string of the molecule is O=C(CSc1ncnc2ccccc12)Nc1ccccc1N1CCCC1=O. The van der Waals surface area contributed by atoms with Crippen molar-refractivity contribution < 1.29 is 9.59 Å². The molecule has 0 saturated carbocycles. The molecule has 0 atom stereocenters. The first-order valence-corrected chi connectivity index (χ1v) is 9.73. The number of nitrogens with one attached hydrogen (secondary N) is 1. The molecule has 27 heavy (non-hydrogen) atoms. The maximum absolute atomic E-state index is 12.5. The Balaban J connectivity index is 1.47. The van der Waals surface area contributed by atoms with Crippen molar-refractivity contribution in [1.82, 2.24) is 9.97 Å². The van der Waals surface area contributed by atoms with Crippen LogP contribution in [0.4, 0.5) is 11.4 Å². The van der Waals surface area contributed by atoms with Gasteiger partial charge >= 0.3 is 0 Å². The van der Waals surface area contributed by atoms with Crippen molar-refractivity contribution in [2.75, 3.05) is 22.5 Å². The number of amides is 2. The molecule has 0 aliphatic carbocycles. The summed E-state index contributed by atoms with van der Waals surface area (Å²) in [6, 6.07) is 15.1. The minimum Gasteiger partial charge on any atom is -0.324 e. The van der Waals surface area contributed by atoms with E-state index in [1.165, 1.54) is 18.1 Å². The van der Waals surface area contributed by atoms with E-state index in [9.17, 15) is 9.59 Å². The number of thioether (sulfide) groups is 1. The molecule has 6 nitrogen and oxygen atoms in total. The third-order valence-electron chi connectivity index (χ3n) is 4.39. The van der Waals surface area contributed by atoms with Crippen LogP contribution in [0.2, 0.25) is 0 Å². The normalized spacial score (nSPS) is 13.9. The first-order valence-electron chi connectivity index (χ1n) is 8.74. The molecular formula is C20H18N4O2S. The van der Waals surface area contributed by atoms with Crippen molar-refractivity contribution >= 4 is 45.9 Å². The number of carbonyl (C=O) groups is 2. The molecule has 2 aromatic carbocycles. The molecule has 1 saturated heterocycles. The van der Waals surface area contributed by atoms with E-state index in [-0.39, 0.29) is 17.6 Å². The molecule has 1 aliphatic heterocycles. The van der Waals surface area contributed by atoms with Crippen molar-refractivity contribution in [2.24, 2.45) is 0 Å². The molecular weight excluding hydrogens is 360 g/mol. The number of hydrogen-bond donors (Lipinski definition) is 1. The summed E-state index contributed by atoms with van der Waals surface area (Å²) in [4.78, 5) is 34.8. The van der Waals surface area contributed by atoms with E-state index in [2.05, 4.69) is 15.3 Å². The van der Waals surface area contributed by atoms with Crippen LogP contribution in [0.1, 0.15) is 12.8 Å². The quantitative estimate of drug-likeness (QED) is 0.543. The van der Waals surface area contributed by atoms with Gasteiger partial charge in [-0.15, -0.1) is 0 Å². The first kappa shape index (κ1) is 17.5. The zero-order chi connectivity index (χ0) is 18.6. The van der Waals surface area contributed by atoms with Gasteiger partial charge in [-0.1, -0.05) is 42.1 Å². The Labute approximate surface area is 161 Å².